The molecule has 0 spiro atoms. The fourth-order valence-electron chi connectivity index (χ4n) is 5.53. The molecule has 1 saturated heterocycles. The molecule has 4 heterocycles. The molecule has 228 valence electrons. The number of hydrogen-bond acceptors (Lipinski definition) is 8. The molecule has 1 amide bonds. The number of amides is 1. The first-order chi connectivity index (χ1) is 20.9. The number of halogens is 2. The van der Waals surface area contributed by atoms with Crippen molar-refractivity contribution in [2.24, 2.45) is 0 Å². The zero-order valence-corrected chi connectivity index (χ0v) is 25.9. The summed E-state index contributed by atoms with van der Waals surface area (Å²) in [5.41, 5.74) is 1.20. The van der Waals surface area contributed by atoms with Crippen molar-refractivity contribution < 1.29 is 18.7 Å². The van der Waals surface area contributed by atoms with Crippen LogP contribution in [0.15, 0.2) is 54.0 Å². The summed E-state index contributed by atoms with van der Waals surface area (Å²) in [5.74, 6) is -0.883. The maximum absolute atomic E-state index is 15.0. The first-order valence-corrected chi connectivity index (χ1v) is 14.5. The Balaban J connectivity index is 1.84. The fourth-order valence-corrected chi connectivity index (χ4v) is 5.78. The van der Waals surface area contributed by atoms with Crippen LogP contribution >= 0.6 is 11.6 Å². The van der Waals surface area contributed by atoms with Gasteiger partial charge in [-0.15, -0.1) is 0 Å². The second kappa shape index (κ2) is 12.2. The van der Waals surface area contributed by atoms with Crippen LogP contribution in [0.5, 0.6) is 5.75 Å². The average Bonchev–Trinajstić information content (AvgIpc) is 2.98. The number of carbonyl (C=O) groups is 2. The molecule has 1 aromatic carbocycles. The van der Waals surface area contributed by atoms with Gasteiger partial charge in [0.05, 0.1) is 33.7 Å². The van der Waals surface area contributed by atoms with Crippen LogP contribution in [0.4, 0.5) is 10.2 Å². The number of nitrogens with zero attached hydrogens (tertiary/aromatic N) is 6. The minimum Gasteiger partial charge on any atom is -0.425 e. The summed E-state index contributed by atoms with van der Waals surface area (Å²) in [6, 6.07) is 7.52. The van der Waals surface area contributed by atoms with Gasteiger partial charge in [-0.2, -0.15) is 4.98 Å². The number of anilines is 1. The summed E-state index contributed by atoms with van der Waals surface area (Å²) < 4.78 is 21.8. The van der Waals surface area contributed by atoms with Crippen LogP contribution in [0.3, 0.4) is 0 Å². The van der Waals surface area contributed by atoms with Crippen LogP contribution in [-0.4, -0.2) is 62.0 Å². The van der Waals surface area contributed by atoms with E-state index in [0.717, 1.165) is 0 Å². The Hall–Kier alpha value is -4.64. The number of fused-ring (bicyclic) bond motifs is 1. The molecule has 4 aromatic rings. The smallest absolute Gasteiger partial charge is 0.355 e. The number of piperazine rings is 1. The number of ether oxygens (including phenoxy) is 1. The second-order valence-electron chi connectivity index (χ2n) is 11.0. The van der Waals surface area contributed by atoms with Gasteiger partial charge >= 0.3 is 11.7 Å². The van der Waals surface area contributed by atoms with Gasteiger partial charge in [-0.3, -0.25) is 14.6 Å². The Bertz CT molecular complexity index is 1870. The van der Waals surface area contributed by atoms with E-state index >= 15 is 4.39 Å². The van der Waals surface area contributed by atoms with Crippen LogP contribution < -0.4 is 15.3 Å². The maximum atomic E-state index is 15.0. The maximum Gasteiger partial charge on any atom is 0.355 e. The van der Waals surface area contributed by atoms with Crippen molar-refractivity contribution in [1.29, 1.82) is 0 Å². The molecule has 0 unspecified atom stereocenters. The lowest BCUT2D eigenvalue weighted by molar-refractivity contribution is -0.132. The number of aromatic nitrogens is 4. The van der Waals surface area contributed by atoms with Crippen molar-refractivity contribution in [2.75, 3.05) is 24.5 Å². The molecule has 1 aliphatic rings. The first kappa shape index (κ1) is 30.8. The molecular formula is C32H32ClFN6O4. The van der Waals surface area contributed by atoms with E-state index in [2.05, 4.69) is 16.5 Å². The molecular weight excluding hydrogens is 587 g/mol. The molecule has 1 fully saturated rings. The molecule has 44 heavy (non-hydrogen) atoms. The highest BCUT2D eigenvalue weighted by atomic mass is 35.5. The van der Waals surface area contributed by atoms with E-state index in [1.165, 1.54) is 29.8 Å². The zero-order chi connectivity index (χ0) is 31.9. The summed E-state index contributed by atoms with van der Waals surface area (Å²) in [5, 5.41) is 0.605. The van der Waals surface area contributed by atoms with E-state index in [0.29, 0.717) is 47.8 Å². The molecule has 12 heteroatoms. The van der Waals surface area contributed by atoms with Crippen molar-refractivity contribution >= 4 is 40.3 Å². The predicted octanol–water partition coefficient (Wildman–Crippen LogP) is 5.22. The van der Waals surface area contributed by atoms with E-state index in [-0.39, 0.29) is 45.5 Å². The molecule has 5 rings (SSSR count). The van der Waals surface area contributed by atoms with Crippen molar-refractivity contribution in [3.8, 4) is 22.7 Å². The van der Waals surface area contributed by atoms with Crippen LogP contribution in [-0.2, 0) is 9.59 Å². The van der Waals surface area contributed by atoms with Gasteiger partial charge < -0.3 is 14.5 Å². The molecule has 3 aromatic heterocycles. The standard InChI is InChI=1S/C32H32ClFN6O4/c1-7-26(42)38-12-13-39(18(4)16-38)30-22-14-23(33)28(21-10-8-9-11-24(21)34)36-31(22)40(32(43)37-30)29-19(5)25(44-20(6)41)15-35-27(29)17(2)3/h7-11,14-15,17-18H,1,12-13,16H2,2-6H3/t18-/m0/s1. The normalized spacial score (nSPS) is 15.1. The molecule has 0 N–H and O–H groups in total. The van der Waals surface area contributed by atoms with Gasteiger partial charge in [-0.05, 0) is 44.0 Å². The van der Waals surface area contributed by atoms with E-state index in [9.17, 15) is 14.4 Å². The molecule has 1 aliphatic heterocycles. The molecule has 0 saturated carbocycles. The van der Waals surface area contributed by atoms with Crippen LogP contribution in [0.1, 0.15) is 44.9 Å². The van der Waals surface area contributed by atoms with Crippen molar-refractivity contribution in [3.05, 3.63) is 81.8 Å². The van der Waals surface area contributed by atoms with Gasteiger partial charge in [0.2, 0.25) is 5.91 Å². The third kappa shape index (κ3) is 5.55. The molecule has 0 aliphatic carbocycles. The summed E-state index contributed by atoms with van der Waals surface area (Å²) in [6.07, 6.45) is 2.73. The number of esters is 1. The van der Waals surface area contributed by atoms with Crippen molar-refractivity contribution in [3.63, 3.8) is 0 Å². The van der Waals surface area contributed by atoms with Gasteiger partial charge in [-0.25, -0.2) is 18.7 Å². The third-order valence-corrected chi connectivity index (χ3v) is 7.92. The van der Waals surface area contributed by atoms with Gasteiger partial charge in [0.1, 0.15) is 11.6 Å². The summed E-state index contributed by atoms with van der Waals surface area (Å²) in [6.45, 7) is 13.5. The van der Waals surface area contributed by atoms with Crippen LogP contribution in [0, 0.1) is 12.7 Å². The third-order valence-electron chi connectivity index (χ3n) is 7.63. The summed E-state index contributed by atoms with van der Waals surface area (Å²) >= 11 is 6.78. The minimum absolute atomic E-state index is 0.143. The highest BCUT2D eigenvalue weighted by molar-refractivity contribution is 6.33. The zero-order valence-electron chi connectivity index (χ0n) is 25.1. The van der Waals surface area contributed by atoms with Crippen molar-refractivity contribution in [1.82, 2.24) is 24.4 Å². The number of carbonyl (C=O) groups excluding carboxylic acids is 2. The average molecular weight is 619 g/mol. The molecule has 10 nitrogen and oxygen atoms in total. The quantitative estimate of drug-likeness (QED) is 0.214. The Morgan fingerprint density at radius 3 is 2.57 bits per heavy atom. The predicted molar refractivity (Wildman–Crippen MR) is 167 cm³/mol. The van der Waals surface area contributed by atoms with E-state index in [4.69, 9.17) is 21.3 Å². The molecule has 0 radical (unpaired) electrons. The topological polar surface area (TPSA) is 111 Å². The highest BCUT2D eigenvalue weighted by Gasteiger charge is 2.31. The Morgan fingerprint density at radius 1 is 1.20 bits per heavy atom. The lowest BCUT2D eigenvalue weighted by Crippen LogP contribution is -2.54. The van der Waals surface area contributed by atoms with Gasteiger partial charge in [-0.1, -0.05) is 44.2 Å². The fraction of sp³-hybridized carbons (Fsp3) is 0.312. The molecule has 1 atom stereocenters. The lowest BCUT2D eigenvalue weighted by Gasteiger charge is -2.40. The van der Waals surface area contributed by atoms with E-state index < -0.39 is 17.5 Å². The monoisotopic (exact) mass is 618 g/mol. The number of rotatable bonds is 6. The lowest BCUT2D eigenvalue weighted by atomic mass is 10.0. The van der Waals surface area contributed by atoms with E-state index in [1.54, 1.807) is 36.1 Å². The highest BCUT2D eigenvalue weighted by Crippen LogP contribution is 2.37. The number of benzene rings is 1. The number of hydrogen-bond donors (Lipinski definition) is 0. The van der Waals surface area contributed by atoms with Crippen LogP contribution in [0.2, 0.25) is 5.02 Å². The Morgan fingerprint density at radius 2 is 1.93 bits per heavy atom. The van der Waals surface area contributed by atoms with Crippen molar-refractivity contribution in [2.45, 2.75) is 46.6 Å². The van der Waals surface area contributed by atoms with E-state index in [1.807, 2.05) is 25.7 Å². The minimum atomic E-state index is -0.662. The molecule has 0 bridgehead atoms. The SMILES string of the molecule is C=CC(=O)N1CCN(c2nc(=O)n(-c3c(C(C)C)ncc(OC(C)=O)c3C)c3nc(-c4ccccc4F)c(Cl)cc23)[C@@H](C)C1. The number of pyridine rings is 2. The largest absolute Gasteiger partial charge is 0.425 e. The Labute approximate surface area is 258 Å². The van der Waals surface area contributed by atoms with Gasteiger partial charge in [0.25, 0.3) is 0 Å². The summed E-state index contributed by atoms with van der Waals surface area (Å²) in [7, 11) is 0. The first-order valence-electron chi connectivity index (χ1n) is 14.2. The van der Waals surface area contributed by atoms with Gasteiger partial charge in [0.15, 0.2) is 11.4 Å². The summed E-state index contributed by atoms with van der Waals surface area (Å²) in [4.78, 5) is 55.9. The second-order valence-corrected chi connectivity index (χ2v) is 11.4. The Kier molecular flexibility index (Phi) is 8.51. The van der Waals surface area contributed by atoms with Crippen LogP contribution in [0.25, 0.3) is 28.0 Å². The van der Waals surface area contributed by atoms with Gasteiger partial charge in [0, 0.05) is 43.7 Å².